The van der Waals surface area contributed by atoms with Crippen LogP contribution in [0.5, 0.6) is 0 Å². The number of thioether (sulfide) groups is 1. The van der Waals surface area contributed by atoms with E-state index >= 15 is 0 Å². The molecule has 1 unspecified atom stereocenters. The SMILES string of the molecule is CCN(C(=O)C(C)Sc1nnc(-c2ccoc2C)n1Cc1ccccc1)C1CCCCC1. The van der Waals surface area contributed by atoms with Gasteiger partial charge in [-0.2, -0.15) is 0 Å². The highest BCUT2D eigenvalue weighted by Crippen LogP contribution is 2.31. The largest absolute Gasteiger partial charge is 0.469 e. The predicted molar refractivity (Wildman–Crippen MR) is 128 cm³/mol. The number of hydrogen-bond acceptors (Lipinski definition) is 5. The molecule has 1 saturated carbocycles. The van der Waals surface area contributed by atoms with Crippen molar-refractivity contribution in [3.8, 4) is 11.4 Å². The van der Waals surface area contributed by atoms with Gasteiger partial charge in [-0.25, -0.2) is 0 Å². The zero-order valence-corrected chi connectivity index (χ0v) is 20.0. The Morgan fingerprint density at radius 2 is 1.94 bits per heavy atom. The summed E-state index contributed by atoms with van der Waals surface area (Å²) >= 11 is 1.50. The van der Waals surface area contributed by atoms with Crippen molar-refractivity contribution in [1.82, 2.24) is 19.7 Å². The van der Waals surface area contributed by atoms with E-state index in [0.29, 0.717) is 12.6 Å². The number of aromatic nitrogens is 3. The zero-order chi connectivity index (χ0) is 22.5. The molecule has 170 valence electrons. The minimum absolute atomic E-state index is 0.194. The van der Waals surface area contributed by atoms with Gasteiger partial charge < -0.3 is 9.32 Å². The third-order valence-corrected chi connectivity index (χ3v) is 7.34. The molecule has 0 bridgehead atoms. The van der Waals surface area contributed by atoms with Crippen LogP contribution in [0.4, 0.5) is 0 Å². The smallest absolute Gasteiger partial charge is 0.236 e. The number of benzene rings is 1. The first-order valence-corrected chi connectivity index (χ1v) is 12.4. The zero-order valence-electron chi connectivity index (χ0n) is 19.2. The molecule has 0 radical (unpaired) electrons. The number of amides is 1. The molecule has 1 fully saturated rings. The molecule has 2 heterocycles. The summed E-state index contributed by atoms with van der Waals surface area (Å²) in [5.74, 6) is 1.77. The molecule has 0 saturated heterocycles. The summed E-state index contributed by atoms with van der Waals surface area (Å²) in [6.45, 7) is 7.39. The van der Waals surface area contributed by atoms with Gasteiger partial charge in [0.2, 0.25) is 5.91 Å². The lowest BCUT2D eigenvalue weighted by molar-refractivity contribution is -0.133. The van der Waals surface area contributed by atoms with Gasteiger partial charge >= 0.3 is 0 Å². The molecule has 1 atom stereocenters. The van der Waals surface area contributed by atoms with Crippen molar-refractivity contribution in [2.75, 3.05) is 6.54 Å². The van der Waals surface area contributed by atoms with E-state index in [0.717, 1.165) is 47.3 Å². The normalized spacial score (nSPS) is 15.6. The number of rotatable bonds is 8. The Morgan fingerprint density at radius 1 is 1.19 bits per heavy atom. The van der Waals surface area contributed by atoms with Crippen LogP contribution in [0.15, 0.2) is 52.2 Å². The molecule has 0 N–H and O–H groups in total. The number of carbonyl (C=O) groups is 1. The first-order valence-electron chi connectivity index (χ1n) is 11.6. The number of hydrogen-bond donors (Lipinski definition) is 0. The Labute approximate surface area is 194 Å². The average Bonchev–Trinajstić information content (AvgIpc) is 3.41. The standard InChI is InChI=1S/C25H32N4O2S/c1-4-28(21-13-9-6-10-14-21)24(30)19(3)32-25-27-26-23(22-15-16-31-18(22)2)29(25)17-20-11-7-5-8-12-20/h5,7-8,11-12,15-16,19,21H,4,6,9-10,13-14,17H2,1-3H3. The quantitative estimate of drug-likeness (QED) is 0.419. The van der Waals surface area contributed by atoms with Gasteiger partial charge in [-0.15, -0.1) is 10.2 Å². The highest BCUT2D eigenvalue weighted by atomic mass is 32.2. The van der Waals surface area contributed by atoms with Crippen molar-refractivity contribution in [2.24, 2.45) is 0 Å². The Bertz CT molecular complexity index is 1020. The fourth-order valence-electron chi connectivity index (χ4n) is 4.53. The van der Waals surface area contributed by atoms with E-state index in [1.165, 1.54) is 31.0 Å². The second-order valence-electron chi connectivity index (χ2n) is 8.44. The summed E-state index contributed by atoms with van der Waals surface area (Å²) in [6, 6.07) is 12.6. The summed E-state index contributed by atoms with van der Waals surface area (Å²) < 4.78 is 7.61. The molecule has 0 aliphatic heterocycles. The van der Waals surface area contributed by atoms with Crippen LogP contribution in [-0.4, -0.2) is 43.4 Å². The van der Waals surface area contributed by atoms with Crippen LogP contribution in [0.1, 0.15) is 57.3 Å². The van der Waals surface area contributed by atoms with Crippen LogP contribution in [-0.2, 0) is 11.3 Å². The van der Waals surface area contributed by atoms with Gasteiger partial charge in [-0.05, 0) is 45.2 Å². The lowest BCUT2D eigenvalue weighted by Gasteiger charge is -2.35. The van der Waals surface area contributed by atoms with E-state index < -0.39 is 0 Å². The summed E-state index contributed by atoms with van der Waals surface area (Å²) in [5.41, 5.74) is 2.09. The van der Waals surface area contributed by atoms with Crippen LogP contribution in [0.2, 0.25) is 0 Å². The van der Waals surface area contributed by atoms with E-state index in [-0.39, 0.29) is 11.2 Å². The Balaban J connectivity index is 1.59. The van der Waals surface area contributed by atoms with Gasteiger partial charge in [0.05, 0.1) is 23.6 Å². The molecular weight excluding hydrogens is 420 g/mol. The summed E-state index contributed by atoms with van der Waals surface area (Å²) in [5, 5.41) is 9.51. The van der Waals surface area contributed by atoms with Gasteiger partial charge in [0.1, 0.15) is 5.76 Å². The lowest BCUT2D eigenvalue weighted by Crippen LogP contribution is -2.44. The minimum Gasteiger partial charge on any atom is -0.469 e. The van der Waals surface area contributed by atoms with Gasteiger partial charge in [-0.3, -0.25) is 9.36 Å². The Hall–Kier alpha value is -2.54. The second kappa shape index (κ2) is 10.4. The summed E-state index contributed by atoms with van der Waals surface area (Å²) in [7, 11) is 0. The molecule has 1 aliphatic carbocycles. The van der Waals surface area contributed by atoms with Crippen molar-refractivity contribution in [1.29, 1.82) is 0 Å². The molecule has 3 aromatic rings. The van der Waals surface area contributed by atoms with Crippen molar-refractivity contribution < 1.29 is 9.21 Å². The lowest BCUT2D eigenvalue weighted by atomic mass is 9.94. The van der Waals surface area contributed by atoms with Crippen LogP contribution in [0.25, 0.3) is 11.4 Å². The van der Waals surface area contributed by atoms with Crippen LogP contribution in [0, 0.1) is 6.92 Å². The van der Waals surface area contributed by atoms with E-state index in [1.54, 1.807) is 6.26 Å². The third-order valence-electron chi connectivity index (χ3n) is 6.27. The molecule has 1 amide bonds. The molecule has 4 rings (SSSR count). The average molecular weight is 453 g/mol. The third kappa shape index (κ3) is 4.93. The number of carbonyl (C=O) groups excluding carboxylic acids is 1. The minimum atomic E-state index is -0.228. The van der Waals surface area contributed by atoms with Gasteiger partial charge in [0.15, 0.2) is 11.0 Å². The van der Waals surface area contributed by atoms with E-state index in [1.807, 2.05) is 38.1 Å². The molecule has 32 heavy (non-hydrogen) atoms. The molecule has 6 nitrogen and oxygen atoms in total. The monoisotopic (exact) mass is 452 g/mol. The van der Waals surface area contributed by atoms with Crippen molar-refractivity contribution in [3.63, 3.8) is 0 Å². The number of nitrogens with zero attached hydrogens (tertiary/aromatic N) is 4. The van der Waals surface area contributed by atoms with E-state index in [4.69, 9.17) is 4.42 Å². The van der Waals surface area contributed by atoms with Crippen LogP contribution >= 0.6 is 11.8 Å². The van der Waals surface area contributed by atoms with Gasteiger partial charge in [0.25, 0.3) is 0 Å². The van der Waals surface area contributed by atoms with Crippen molar-refractivity contribution in [2.45, 2.75) is 75.9 Å². The maximum absolute atomic E-state index is 13.4. The second-order valence-corrected chi connectivity index (χ2v) is 9.75. The maximum Gasteiger partial charge on any atom is 0.236 e. The molecular formula is C25H32N4O2S. The van der Waals surface area contributed by atoms with Crippen molar-refractivity contribution >= 4 is 17.7 Å². The number of furan rings is 1. The first-order chi connectivity index (χ1) is 15.6. The number of aryl methyl sites for hydroxylation is 1. The summed E-state index contributed by atoms with van der Waals surface area (Å²) in [4.78, 5) is 15.4. The molecule has 7 heteroatoms. The van der Waals surface area contributed by atoms with E-state index in [2.05, 4.69) is 38.7 Å². The fraction of sp³-hybridized carbons (Fsp3) is 0.480. The molecule has 0 spiro atoms. The van der Waals surface area contributed by atoms with Crippen LogP contribution in [0.3, 0.4) is 0 Å². The van der Waals surface area contributed by atoms with Gasteiger partial charge in [-0.1, -0.05) is 61.4 Å². The van der Waals surface area contributed by atoms with Crippen LogP contribution < -0.4 is 0 Å². The molecule has 2 aromatic heterocycles. The Morgan fingerprint density at radius 3 is 2.59 bits per heavy atom. The first kappa shape index (κ1) is 22.6. The molecule has 1 aliphatic rings. The summed E-state index contributed by atoms with van der Waals surface area (Å²) in [6.07, 6.45) is 7.62. The highest BCUT2D eigenvalue weighted by molar-refractivity contribution is 8.00. The Kier molecular flexibility index (Phi) is 7.35. The maximum atomic E-state index is 13.4. The topological polar surface area (TPSA) is 64.2 Å². The van der Waals surface area contributed by atoms with Gasteiger partial charge in [0, 0.05) is 12.6 Å². The van der Waals surface area contributed by atoms with E-state index in [9.17, 15) is 4.79 Å². The fourth-order valence-corrected chi connectivity index (χ4v) is 5.45. The predicted octanol–water partition coefficient (Wildman–Crippen LogP) is 5.56. The van der Waals surface area contributed by atoms with Crippen molar-refractivity contribution in [3.05, 3.63) is 54.0 Å². The molecule has 1 aromatic carbocycles. The highest BCUT2D eigenvalue weighted by Gasteiger charge is 2.29.